The smallest absolute Gasteiger partial charge is 0.279 e. The van der Waals surface area contributed by atoms with Gasteiger partial charge in [0.25, 0.3) is 8.32 Å². The van der Waals surface area contributed by atoms with Gasteiger partial charge >= 0.3 is 0 Å². The van der Waals surface area contributed by atoms with E-state index in [0.29, 0.717) is 0 Å². The lowest BCUT2D eigenvalue weighted by molar-refractivity contribution is 0.515. The second kappa shape index (κ2) is 6.42. The van der Waals surface area contributed by atoms with Crippen LogP contribution in [-0.2, 0) is 4.43 Å². The van der Waals surface area contributed by atoms with Crippen LogP contribution in [0.15, 0.2) is 65.6 Å². The van der Waals surface area contributed by atoms with E-state index in [0.717, 1.165) is 21.8 Å². The van der Waals surface area contributed by atoms with Gasteiger partial charge in [-0.1, -0.05) is 71.9 Å². The highest BCUT2D eigenvalue weighted by Gasteiger charge is 2.31. The standard InChI is InChI=1S/C17H19BrOSi/c1-4-20(3,17-8-6-5-7-9-17)19-14(2)15-10-12-16(18)13-11-15/h5-13H,2,4H2,1,3H3. The van der Waals surface area contributed by atoms with Crippen molar-refractivity contribution >= 4 is 35.2 Å². The summed E-state index contributed by atoms with van der Waals surface area (Å²) in [5, 5.41) is 1.31. The summed E-state index contributed by atoms with van der Waals surface area (Å²) in [5.74, 6) is 0.761. The first-order valence-corrected chi connectivity index (χ1v) is 10.2. The lowest BCUT2D eigenvalue weighted by Crippen LogP contribution is -2.46. The van der Waals surface area contributed by atoms with Gasteiger partial charge in [0.1, 0.15) is 5.76 Å². The van der Waals surface area contributed by atoms with Crippen LogP contribution in [0, 0.1) is 0 Å². The highest BCUT2D eigenvalue weighted by atomic mass is 79.9. The number of rotatable bonds is 5. The SMILES string of the molecule is C=C(O[Si](C)(CC)c1ccccc1)c1ccc(Br)cc1. The van der Waals surface area contributed by atoms with Crippen molar-refractivity contribution in [1.29, 1.82) is 0 Å². The third-order valence-corrected chi connectivity index (χ3v) is 7.70. The van der Waals surface area contributed by atoms with Crippen molar-refractivity contribution in [1.82, 2.24) is 0 Å². The molecule has 2 aromatic carbocycles. The third kappa shape index (κ3) is 3.41. The van der Waals surface area contributed by atoms with Crippen molar-refractivity contribution < 1.29 is 4.43 Å². The van der Waals surface area contributed by atoms with E-state index in [1.54, 1.807) is 0 Å². The summed E-state index contributed by atoms with van der Waals surface area (Å²) in [4.78, 5) is 0. The molecule has 0 amide bonds. The number of halogens is 1. The van der Waals surface area contributed by atoms with Gasteiger partial charge < -0.3 is 4.43 Å². The minimum atomic E-state index is -1.97. The predicted molar refractivity (Wildman–Crippen MR) is 92.4 cm³/mol. The molecule has 0 saturated carbocycles. The van der Waals surface area contributed by atoms with E-state index in [4.69, 9.17) is 4.43 Å². The molecule has 0 heterocycles. The van der Waals surface area contributed by atoms with E-state index in [1.807, 2.05) is 30.3 Å². The van der Waals surface area contributed by atoms with E-state index in [1.165, 1.54) is 5.19 Å². The van der Waals surface area contributed by atoms with E-state index >= 15 is 0 Å². The highest BCUT2D eigenvalue weighted by molar-refractivity contribution is 9.10. The van der Waals surface area contributed by atoms with Crippen molar-refractivity contribution in [3.63, 3.8) is 0 Å². The Balaban J connectivity index is 2.22. The molecule has 0 aromatic heterocycles. The van der Waals surface area contributed by atoms with E-state index < -0.39 is 8.32 Å². The molecular formula is C17H19BrOSi. The van der Waals surface area contributed by atoms with Crippen molar-refractivity contribution in [2.24, 2.45) is 0 Å². The normalized spacial score (nSPS) is 13.6. The fourth-order valence-corrected chi connectivity index (χ4v) is 4.59. The maximum absolute atomic E-state index is 6.33. The Morgan fingerprint density at radius 1 is 1.10 bits per heavy atom. The third-order valence-electron chi connectivity index (χ3n) is 3.57. The van der Waals surface area contributed by atoms with Gasteiger partial charge in [-0.3, -0.25) is 0 Å². The van der Waals surface area contributed by atoms with E-state index in [9.17, 15) is 0 Å². The van der Waals surface area contributed by atoms with Crippen LogP contribution in [0.2, 0.25) is 12.6 Å². The van der Waals surface area contributed by atoms with Gasteiger partial charge in [0.15, 0.2) is 0 Å². The summed E-state index contributed by atoms with van der Waals surface area (Å²) in [6.07, 6.45) is 0. The first-order chi connectivity index (χ1) is 9.55. The van der Waals surface area contributed by atoms with Crippen molar-refractivity contribution in [3.05, 3.63) is 71.2 Å². The Kier molecular flexibility index (Phi) is 4.84. The fourth-order valence-electron chi connectivity index (χ4n) is 2.09. The quantitative estimate of drug-likeness (QED) is 0.550. The van der Waals surface area contributed by atoms with E-state index in [2.05, 4.69) is 60.2 Å². The molecule has 20 heavy (non-hydrogen) atoms. The maximum atomic E-state index is 6.33. The summed E-state index contributed by atoms with van der Waals surface area (Å²) >= 11 is 3.44. The van der Waals surface area contributed by atoms with Gasteiger partial charge in [0.2, 0.25) is 0 Å². The summed E-state index contributed by atoms with van der Waals surface area (Å²) in [5.41, 5.74) is 1.04. The summed E-state index contributed by atoms with van der Waals surface area (Å²) in [7, 11) is -1.97. The van der Waals surface area contributed by atoms with Crippen LogP contribution in [0.4, 0.5) is 0 Å². The Morgan fingerprint density at radius 2 is 1.70 bits per heavy atom. The zero-order valence-electron chi connectivity index (χ0n) is 11.9. The molecule has 1 unspecified atom stereocenters. The Labute approximate surface area is 130 Å². The van der Waals surface area contributed by atoms with Gasteiger partial charge in [-0.15, -0.1) is 0 Å². The zero-order chi connectivity index (χ0) is 14.6. The van der Waals surface area contributed by atoms with Gasteiger partial charge in [-0.05, 0) is 29.9 Å². The summed E-state index contributed by atoms with van der Waals surface area (Å²) in [6, 6.07) is 19.6. The zero-order valence-corrected chi connectivity index (χ0v) is 14.5. The number of hydrogen-bond donors (Lipinski definition) is 0. The van der Waals surface area contributed by atoms with E-state index in [-0.39, 0.29) is 0 Å². The van der Waals surface area contributed by atoms with Gasteiger partial charge in [-0.2, -0.15) is 0 Å². The molecule has 0 aliphatic carbocycles. The van der Waals surface area contributed by atoms with Crippen molar-refractivity contribution in [3.8, 4) is 0 Å². The molecule has 1 atom stereocenters. The second-order valence-corrected chi connectivity index (χ2v) is 9.85. The largest absolute Gasteiger partial charge is 0.539 e. The van der Waals surface area contributed by atoms with Crippen LogP contribution in [0.3, 0.4) is 0 Å². The molecule has 0 fully saturated rings. The number of hydrogen-bond acceptors (Lipinski definition) is 1. The van der Waals surface area contributed by atoms with Crippen LogP contribution >= 0.6 is 15.9 Å². The average Bonchev–Trinajstić information content (AvgIpc) is 2.48. The molecule has 3 heteroatoms. The first-order valence-electron chi connectivity index (χ1n) is 6.74. The van der Waals surface area contributed by atoms with Crippen molar-refractivity contribution in [2.75, 3.05) is 0 Å². The maximum Gasteiger partial charge on any atom is 0.279 e. The molecule has 104 valence electrons. The Morgan fingerprint density at radius 3 is 2.25 bits per heavy atom. The molecule has 1 nitrogen and oxygen atoms in total. The summed E-state index contributed by atoms with van der Waals surface area (Å²) < 4.78 is 7.39. The minimum absolute atomic E-state index is 0.761. The van der Waals surface area contributed by atoms with Gasteiger partial charge in [0, 0.05) is 10.0 Å². The monoisotopic (exact) mass is 346 g/mol. The van der Waals surface area contributed by atoms with Gasteiger partial charge in [0.05, 0.1) is 0 Å². The Bertz CT molecular complexity index is 580. The molecular weight excluding hydrogens is 328 g/mol. The molecule has 0 saturated heterocycles. The van der Waals surface area contributed by atoms with Crippen LogP contribution in [0.25, 0.3) is 5.76 Å². The lowest BCUT2D eigenvalue weighted by Gasteiger charge is -2.28. The van der Waals surface area contributed by atoms with Crippen LogP contribution in [0.1, 0.15) is 12.5 Å². The minimum Gasteiger partial charge on any atom is -0.539 e. The van der Waals surface area contributed by atoms with Crippen LogP contribution in [-0.4, -0.2) is 8.32 Å². The second-order valence-electron chi connectivity index (χ2n) is 4.98. The van der Waals surface area contributed by atoms with Crippen LogP contribution < -0.4 is 5.19 Å². The molecule has 2 aromatic rings. The topological polar surface area (TPSA) is 9.23 Å². The molecule has 0 aliphatic rings. The molecule has 0 N–H and O–H groups in total. The van der Waals surface area contributed by atoms with Gasteiger partial charge in [-0.25, -0.2) is 0 Å². The van der Waals surface area contributed by atoms with Crippen molar-refractivity contribution in [2.45, 2.75) is 19.5 Å². The highest BCUT2D eigenvalue weighted by Crippen LogP contribution is 2.23. The fraction of sp³-hybridized carbons (Fsp3) is 0.176. The number of benzene rings is 2. The Hall–Kier alpha value is -1.32. The molecule has 0 aliphatic heterocycles. The molecule has 0 bridgehead atoms. The molecule has 0 radical (unpaired) electrons. The predicted octanol–water partition coefficient (Wildman–Crippen LogP) is 4.94. The van der Waals surface area contributed by atoms with Crippen LogP contribution in [0.5, 0.6) is 0 Å². The lowest BCUT2D eigenvalue weighted by atomic mass is 10.2. The summed E-state index contributed by atoms with van der Waals surface area (Å²) in [6.45, 7) is 8.54. The molecule has 0 spiro atoms. The average molecular weight is 347 g/mol. The molecule has 2 rings (SSSR count). The first kappa shape index (κ1) is 15.1.